The summed E-state index contributed by atoms with van der Waals surface area (Å²) in [5.41, 5.74) is 4.85. The van der Waals surface area contributed by atoms with Gasteiger partial charge >= 0.3 is 0 Å². The highest BCUT2D eigenvalue weighted by molar-refractivity contribution is 5.30. The van der Waals surface area contributed by atoms with Gasteiger partial charge in [0.2, 0.25) is 0 Å². The van der Waals surface area contributed by atoms with E-state index >= 15 is 0 Å². The van der Waals surface area contributed by atoms with Crippen molar-refractivity contribution in [3.8, 4) is 0 Å². The van der Waals surface area contributed by atoms with Crippen LogP contribution in [0.25, 0.3) is 0 Å². The molecule has 0 bridgehead atoms. The Labute approximate surface area is 173 Å². The van der Waals surface area contributed by atoms with E-state index in [1.807, 2.05) is 24.3 Å². The van der Waals surface area contributed by atoms with Crippen molar-refractivity contribution in [2.24, 2.45) is 0 Å². The molecule has 0 unspecified atom stereocenters. The molecule has 152 valence electrons. The quantitative estimate of drug-likeness (QED) is 0.504. The fourth-order valence-electron chi connectivity index (χ4n) is 3.84. The molecule has 2 nitrogen and oxygen atoms in total. The van der Waals surface area contributed by atoms with Crippen molar-refractivity contribution in [1.82, 2.24) is 4.90 Å². The van der Waals surface area contributed by atoms with Gasteiger partial charge in [0.1, 0.15) is 5.82 Å². The van der Waals surface area contributed by atoms with Crippen LogP contribution in [0.1, 0.15) is 34.6 Å². The lowest BCUT2D eigenvalue weighted by molar-refractivity contribution is 0.185. The second-order valence-corrected chi connectivity index (χ2v) is 7.66. The Hall–Kier alpha value is -2.49. The van der Waals surface area contributed by atoms with Gasteiger partial charge in [0.15, 0.2) is 0 Å². The van der Waals surface area contributed by atoms with Crippen molar-refractivity contribution in [2.75, 3.05) is 19.7 Å². The van der Waals surface area contributed by atoms with Gasteiger partial charge in [-0.2, -0.15) is 0 Å². The van der Waals surface area contributed by atoms with Crippen LogP contribution in [-0.4, -0.2) is 29.7 Å². The van der Waals surface area contributed by atoms with Crippen molar-refractivity contribution < 1.29 is 9.50 Å². The van der Waals surface area contributed by atoms with E-state index in [1.165, 1.54) is 22.8 Å². The highest BCUT2D eigenvalue weighted by Crippen LogP contribution is 2.27. The molecule has 3 aromatic carbocycles. The van der Waals surface area contributed by atoms with Crippen LogP contribution < -0.4 is 0 Å². The van der Waals surface area contributed by atoms with Crippen molar-refractivity contribution in [3.05, 3.63) is 107 Å². The third kappa shape index (κ3) is 6.52. The van der Waals surface area contributed by atoms with E-state index in [1.54, 1.807) is 12.1 Å². The molecule has 3 rings (SSSR count). The molecule has 0 spiro atoms. The first kappa shape index (κ1) is 21.2. The summed E-state index contributed by atoms with van der Waals surface area (Å²) >= 11 is 0. The van der Waals surface area contributed by atoms with Gasteiger partial charge in [0, 0.05) is 13.1 Å². The first-order valence-electron chi connectivity index (χ1n) is 10.3. The molecule has 1 N–H and O–H groups in total. The Morgan fingerprint density at radius 3 is 2.38 bits per heavy atom. The Balaban J connectivity index is 1.75. The van der Waals surface area contributed by atoms with Crippen LogP contribution in [-0.2, 0) is 13.0 Å². The van der Waals surface area contributed by atoms with Crippen LogP contribution in [0.2, 0.25) is 0 Å². The van der Waals surface area contributed by atoms with E-state index in [9.17, 15) is 9.50 Å². The second-order valence-electron chi connectivity index (χ2n) is 7.66. The Morgan fingerprint density at radius 1 is 0.897 bits per heavy atom. The molecule has 0 fully saturated rings. The molecule has 1 atom stereocenters. The van der Waals surface area contributed by atoms with Gasteiger partial charge in [-0.15, -0.1) is 0 Å². The number of hydrogen-bond donors (Lipinski definition) is 1. The molecular formula is C26H30FNO. The average molecular weight is 392 g/mol. The highest BCUT2D eigenvalue weighted by atomic mass is 19.1. The lowest BCUT2D eigenvalue weighted by atomic mass is 9.87. The van der Waals surface area contributed by atoms with Crippen molar-refractivity contribution in [1.29, 1.82) is 0 Å². The van der Waals surface area contributed by atoms with Crippen molar-refractivity contribution in [3.63, 3.8) is 0 Å². The van der Waals surface area contributed by atoms with Crippen molar-refractivity contribution in [2.45, 2.75) is 32.2 Å². The summed E-state index contributed by atoms with van der Waals surface area (Å²) in [6, 6.07) is 25.7. The summed E-state index contributed by atoms with van der Waals surface area (Å²) in [6.07, 6.45) is 1.79. The summed E-state index contributed by atoms with van der Waals surface area (Å²) in [5.74, 6) is 0.0394. The van der Waals surface area contributed by atoms with E-state index in [2.05, 4.69) is 48.2 Å². The SMILES string of the molecule is Cc1ccccc1C[C@H](CCN(CCO)Cc1ccccc1)c1cccc(F)c1. The Morgan fingerprint density at radius 2 is 1.66 bits per heavy atom. The van der Waals surface area contributed by atoms with Gasteiger partial charge in [0.05, 0.1) is 6.61 Å². The zero-order valence-corrected chi connectivity index (χ0v) is 17.1. The largest absolute Gasteiger partial charge is 0.395 e. The molecule has 0 saturated carbocycles. The summed E-state index contributed by atoms with van der Waals surface area (Å²) in [7, 11) is 0. The smallest absolute Gasteiger partial charge is 0.123 e. The first-order chi connectivity index (χ1) is 14.2. The number of halogens is 1. The monoisotopic (exact) mass is 391 g/mol. The molecule has 0 amide bonds. The van der Waals surface area contributed by atoms with E-state index in [0.29, 0.717) is 6.54 Å². The minimum atomic E-state index is -0.186. The first-order valence-corrected chi connectivity index (χ1v) is 10.3. The second kappa shape index (κ2) is 10.9. The lowest BCUT2D eigenvalue weighted by Gasteiger charge is -2.25. The van der Waals surface area contributed by atoms with Crippen LogP contribution >= 0.6 is 0 Å². The Kier molecular flexibility index (Phi) is 7.97. The molecule has 0 aliphatic heterocycles. The maximum Gasteiger partial charge on any atom is 0.123 e. The number of aryl methyl sites for hydroxylation is 1. The zero-order valence-electron chi connectivity index (χ0n) is 17.1. The van der Waals surface area contributed by atoms with Crippen molar-refractivity contribution >= 4 is 0 Å². The number of aliphatic hydroxyl groups is 1. The van der Waals surface area contributed by atoms with E-state index in [0.717, 1.165) is 31.5 Å². The molecule has 3 aromatic rings. The van der Waals surface area contributed by atoms with Crippen LogP contribution in [0.15, 0.2) is 78.9 Å². The predicted molar refractivity (Wildman–Crippen MR) is 117 cm³/mol. The minimum Gasteiger partial charge on any atom is -0.395 e. The number of aliphatic hydroxyl groups excluding tert-OH is 1. The van der Waals surface area contributed by atoms with Gasteiger partial charge in [0.25, 0.3) is 0 Å². The van der Waals surface area contributed by atoms with Crippen LogP contribution in [0.5, 0.6) is 0 Å². The maximum absolute atomic E-state index is 13.9. The number of nitrogens with zero attached hydrogens (tertiary/aromatic N) is 1. The van der Waals surface area contributed by atoms with Gasteiger partial charge in [-0.3, -0.25) is 4.90 Å². The molecular weight excluding hydrogens is 361 g/mol. The third-order valence-corrected chi connectivity index (χ3v) is 5.51. The minimum absolute atomic E-state index is 0.134. The normalized spacial score (nSPS) is 12.3. The third-order valence-electron chi connectivity index (χ3n) is 5.51. The molecule has 29 heavy (non-hydrogen) atoms. The molecule has 0 saturated heterocycles. The van der Waals surface area contributed by atoms with Crippen LogP contribution in [0, 0.1) is 12.7 Å². The number of hydrogen-bond acceptors (Lipinski definition) is 2. The summed E-state index contributed by atoms with van der Waals surface area (Å²) in [5, 5.41) is 9.51. The molecule has 0 aliphatic carbocycles. The van der Waals surface area contributed by atoms with E-state index in [4.69, 9.17) is 0 Å². The average Bonchev–Trinajstić information content (AvgIpc) is 2.73. The van der Waals surface area contributed by atoms with Crippen LogP contribution in [0.4, 0.5) is 4.39 Å². The highest BCUT2D eigenvalue weighted by Gasteiger charge is 2.16. The molecule has 0 aliphatic rings. The van der Waals surface area contributed by atoms with Gasteiger partial charge in [-0.1, -0.05) is 66.7 Å². The zero-order chi connectivity index (χ0) is 20.5. The topological polar surface area (TPSA) is 23.5 Å². The summed E-state index contributed by atoms with van der Waals surface area (Å²) in [6.45, 7) is 4.56. The Bertz CT molecular complexity index is 881. The van der Waals surface area contributed by atoms with Gasteiger partial charge in [-0.05, 0) is 66.6 Å². The molecule has 0 radical (unpaired) electrons. The number of benzene rings is 3. The van der Waals surface area contributed by atoms with Gasteiger partial charge in [-0.25, -0.2) is 4.39 Å². The van der Waals surface area contributed by atoms with E-state index < -0.39 is 0 Å². The van der Waals surface area contributed by atoms with Crippen LogP contribution in [0.3, 0.4) is 0 Å². The molecule has 0 heterocycles. The molecule has 0 aromatic heterocycles. The van der Waals surface area contributed by atoms with E-state index in [-0.39, 0.29) is 18.3 Å². The summed E-state index contributed by atoms with van der Waals surface area (Å²) < 4.78 is 13.9. The lowest BCUT2D eigenvalue weighted by Crippen LogP contribution is -2.29. The summed E-state index contributed by atoms with van der Waals surface area (Å²) in [4.78, 5) is 2.28. The standard InChI is InChI=1S/C26H30FNO/c1-21-8-5-6-11-23(21)18-25(24-12-7-13-26(27)19-24)14-15-28(16-17-29)20-22-9-3-2-4-10-22/h2-13,19,25,29H,14-18,20H2,1H3/t25-/m0/s1. The fourth-order valence-corrected chi connectivity index (χ4v) is 3.84. The fraction of sp³-hybridized carbons (Fsp3) is 0.308. The number of rotatable bonds is 10. The maximum atomic E-state index is 13.9. The van der Waals surface area contributed by atoms with Gasteiger partial charge < -0.3 is 5.11 Å². The predicted octanol–water partition coefficient (Wildman–Crippen LogP) is 5.35. The molecule has 3 heteroatoms.